The largest absolute Gasteiger partial charge is 0.354 e. The van der Waals surface area contributed by atoms with Crippen molar-refractivity contribution in [1.29, 1.82) is 0 Å². The maximum Gasteiger partial charge on any atom is 0.242 e. The van der Waals surface area contributed by atoms with Gasteiger partial charge in [-0.15, -0.1) is 0 Å². The lowest BCUT2D eigenvalue weighted by molar-refractivity contribution is -0.125. The van der Waals surface area contributed by atoms with E-state index in [4.69, 9.17) is 0 Å². The average Bonchev–Trinajstić information content (AvgIpc) is 2.86. The molecule has 1 aliphatic rings. The van der Waals surface area contributed by atoms with Crippen molar-refractivity contribution >= 4 is 11.8 Å². The summed E-state index contributed by atoms with van der Waals surface area (Å²) in [5, 5.41) is 5.55. The van der Waals surface area contributed by atoms with E-state index in [1.165, 1.54) is 11.1 Å². The fourth-order valence-corrected chi connectivity index (χ4v) is 2.33. The van der Waals surface area contributed by atoms with Crippen molar-refractivity contribution in [1.82, 2.24) is 10.6 Å². The summed E-state index contributed by atoms with van der Waals surface area (Å²) in [7, 11) is 0. The third kappa shape index (κ3) is 3.83. The minimum Gasteiger partial charge on any atom is -0.354 e. The Balaban J connectivity index is 1.75. The highest BCUT2D eigenvalue weighted by atomic mass is 16.2. The molecule has 1 fully saturated rings. The van der Waals surface area contributed by atoms with Crippen molar-refractivity contribution in [3.8, 4) is 0 Å². The topological polar surface area (TPSA) is 58.2 Å². The lowest BCUT2D eigenvalue weighted by Gasteiger charge is -2.11. The molecule has 4 heteroatoms. The number of hydrogen-bond donors (Lipinski definition) is 2. The van der Waals surface area contributed by atoms with Gasteiger partial charge in [-0.1, -0.05) is 38.1 Å². The predicted molar refractivity (Wildman–Crippen MR) is 78.4 cm³/mol. The molecule has 0 radical (unpaired) electrons. The summed E-state index contributed by atoms with van der Waals surface area (Å²) >= 11 is 0. The van der Waals surface area contributed by atoms with E-state index in [0.29, 0.717) is 25.3 Å². The quantitative estimate of drug-likeness (QED) is 0.859. The van der Waals surface area contributed by atoms with Crippen LogP contribution in [0.3, 0.4) is 0 Å². The second-order valence-electron chi connectivity index (χ2n) is 5.60. The molecule has 1 saturated heterocycles. The number of nitrogens with one attached hydrogen (secondary N) is 2. The first-order valence-corrected chi connectivity index (χ1v) is 7.22. The van der Waals surface area contributed by atoms with Crippen LogP contribution >= 0.6 is 0 Å². The molecule has 1 atom stereocenters. The highest BCUT2D eigenvalue weighted by Gasteiger charge is 2.26. The van der Waals surface area contributed by atoms with Crippen LogP contribution in [0.4, 0.5) is 0 Å². The Hall–Kier alpha value is -1.84. The zero-order valence-corrected chi connectivity index (χ0v) is 12.1. The van der Waals surface area contributed by atoms with Crippen molar-refractivity contribution in [3.05, 3.63) is 35.4 Å². The van der Waals surface area contributed by atoms with Gasteiger partial charge < -0.3 is 10.6 Å². The van der Waals surface area contributed by atoms with Gasteiger partial charge in [-0.05, 0) is 29.9 Å². The molecule has 108 valence electrons. The molecule has 0 aliphatic carbocycles. The van der Waals surface area contributed by atoms with E-state index in [0.717, 1.165) is 6.42 Å². The molecule has 2 rings (SSSR count). The highest BCUT2D eigenvalue weighted by molar-refractivity contribution is 5.90. The molecular weight excluding hydrogens is 252 g/mol. The summed E-state index contributed by atoms with van der Waals surface area (Å²) in [5.74, 6) is 0.429. The van der Waals surface area contributed by atoms with E-state index in [2.05, 4.69) is 48.7 Å². The van der Waals surface area contributed by atoms with Crippen LogP contribution in [0.2, 0.25) is 0 Å². The van der Waals surface area contributed by atoms with Crippen LogP contribution in [-0.4, -0.2) is 24.4 Å². The van der Waals surface area contributed by atoms with Gasteiger partial charge in [0.2, 0.25) is 11.8 Å². The Kier molecular flexibility index (Phi) is 4.77. The Morgan fingerprint density at radius 3 is 2.60 bits per heavy atom. The first kappa shape index (κ1) is 14.6. The normalized spacial score (nSPS) is 18.1. The first-order valence-electron chi connectivity index (χ1n) is 7.22. The van der Waals surface area contributed by atoms with Gasteiger partial charge in [0, 0.05) is 13.0 Å². The molecule has 0 bridgehead atoms. The number of benzene rings is 1. The molecule has 20 heavy (non-hydrogen) atoms. The fraction of sp³-hybridized carbons (Fsp3) is 0.500. The Morgan fingerprint density at radius 2 is 2.05 bits per heavy atom. The molecule has 0 saturated carbocycles. The van der Waals surface area contributed by atoms with Gasteiger partial charge in [-0.25, -0.2) is 0 Å². The molecule has 2 amide bonds. The molecule has 0 spiro atoms. The lowest BCUT2D eigenvalue weighted by Crippen LogP contribution is -2.42. The van der Waals surface area contributed by atoms with E-state index in [-0.39, 0.29) is 17.9 Å². The number of amides is 2. The summed E-state index contributed by atoms with van der Waals surface area (Å²) in [6.07, 6.45) is 1.87. The number of rotatable bonds is 5. The zero-order chi connectivity index (χ0) is 14.5. The van der Waals surface area contributed by atoms with Gasteiger partial charge in [-0.3, -0.25) is 9.59 Å². The Morgan fingerprint density at radius 1 is 1.35 bits per heavy atom. The molecular formula is C16H22N2O2. The third-order valence-corrected chi connectivity index (χ3v) is 3.67. The van der Waals surface area contributed by atoms with Gasteiger partial charge in [-0.2, -0.15) is 0 Å². The maximum atomic E-state index is 11.8. The molecule has 1 heterocycles. The summed E-state index contributed by atoms with van der Waals surface area (Å²) in [5.41, 5.74) is 2.54. The number of hydrogen-bond acceptors (Lipinski definition) is 2. The van der Waals surface area contributed by atoms with Crippen LogP contribution in [0.5, 0.6) is 0 Å². The number of carbonyl (C=O) groups excluding carboxylic acids is 2. The molecule has 0 aromatic heterocycles. The Labute approximate surface area is 119 Å². The minimum absolute atomic E-state index is 0.0329. The van der Waals surface area contributed by atoms with Gasteiger partial charge in [0.05, 0.1) is 0 Å². The summed E-state index contributed by atoms with van der Waals surface area (Å²) in [6.45, 7) is 4.95. The summed E-state index contributed by atoms with van der Waals surface area (Å²) in [4.78, 5) is 22.8. The summed E-state index contributed by atoms with van der Waals surface area (Å²) < 4.78 is 0. The molecule has 1 aromatic rings. The van der Waals surface area contributed by atoms with Crippen LogP contribution in [0.25, 0.3) is 0 Å². The Bertz CT molecular complexity index is 480. The van der Waals surface area contributed by atoms with Gasteiger partial charge >= 0.3 is 0 Å². The molecule has 4 nitrogen and oxygen atoms in total. The van der Waals surface area contributed by atoms with Crippen LogP contribution in [-0.2, 0) is 16.0 Å². The smallest absolute Gasteiger partial charge is 0.242 e. The van der Waals surface area contributed by atoms with Crippen LogP contribution < -0.4 is 10.6 Å². The predicted octanol–water partition coefficient (Wildman–Crippen LogP) is 1.75. The number of carbonyl (C=O) groups is 2. The molecule has 1 aromatic carbocycles. The van der Waals surface area contributed by atoms with Gasteiger partial charge in [0.1, 0.15) is 6.04 Å². The maximum absolute atomic E-state index is 11.8. The van der Waals surface area contributed by atoms with Crippen LogP contribution in [0.15, 0.2) is 24.3 Å². The van der Waals surface area contributed by atoms with Crippen LogP contribution in [0, 0.1) is 0 Å². The van der Waals surface area contributed by atoms with E-state index in [1.807, 2.05) is 0 Å². The van der Waals surface area contributed by atoms with Crippen molar-refractivity contribution < 1.29 is 9.59 Å². The van der Waals surface area contributed by atoms with Crippen molar-refractivity contribution in [2.75, 3.05) is 6.54 Å². The fourth-order valence-electron chi connectivity index (χ4n) is 2.33. The molecule has 1 unspecified atom stereocenters. The zero-order valence-electron chi connectivity index (χ0n) is 12.1. The van der Waals surface area contributed by atoms with E-state index >= 15 is 0 Å². The second-order valence-corrected chi connectivity index (χ2v) is 5.60. The molecule has 1 aliphatic heterocycles. The van der Waals surface area contributed by atoms with Crippen molar-refractivity contribution in [2.24, 2.45) is 0 Å². The standard InChI is InChI=1S/C16H22N2O2/c1-11(2)13-5-3-12(4-6-13)9-10-17-16(20)14-7-8-15(19)18-14/h3-6,11,14H,7-10H2,1-2H3,(H,17,20)(H,18,19). The summed E-state index contributed by atoms with van der Waals surface area (Å²) in [6, 6.07) is 8.15. The van der Waals surface area contributed by atoms with Crippen molar-refractivity contribution in [2.45, 2.75) is 45.1 Å². The lowest BCUT2D eigenvalue weighted by atomic mass is 10.0. The second kappa shape index (κ2) is 6.55. The van der Waals surface area contributed by atoms with E-state index < -0.39 is 0 Å². The van der Waals surface area contributed by atoms with Gasteiger partial charge in [0.25, 0.3) is 0 Å². The van der Waals surface area contributed by atoms with Crippen LogP contribution in [0.1, 0.15) is 43.7 Å². The minimum atomic E-state index is -0.342. The highest BCUT2D eigenvalue weighted by Crippen LogP contribution is 2.14. The molecule has 2 N–H and O–H groups in total. The third-order valence-electron chi connectivity index (χ3n) is 3.67. The van der Waals surface area contributed by atoms with E-state index in [1.54, 1.807) is 0 Å². The first-order chi connectivity index (χ1) is 9.56. The average molecular weight is 274 g/mol. The van der Waals surface area contributed by atoms with E-state index in [9.17, 15) is 9.59 Å². The van der Waals surface area contributed by atoms with Crippen molar-refractivity contribution in [3.63, 3.8) is 0 Å². The SMILES string of the molecule is CC(C)c1ccc(CCNC(=O)C2CCC(=O)N2)cc1. The van der Waals surface area contributed by atoms with Gasteiger partial charge in [0.15, 0.2) is 0 Å². The monoisotopic (exact) mass is 274 g/mol.